The van der Waals surface area contributed by atoms with E-state index in [1.165, 1.54) is 29.8 Å². The van der Waals surface area contributed by atoms with Gasteiger partial charge in [0.2, 0.25) is 0 Å². The molecule has 0 radical (unpaired) electrons. The molecule has 270 valence electrons. The predicted octanol–water partition coefficient (Wildman–Crippen LogP) is 10.2. The second-order valence-electron chi connectivity index (χ2n) is 14.6. The third-order valence-corrected chi connectivity index (χ3v) is 9.90. The van der Waals surface area contributed by atoms with Crippen LogP contribution in [0.2, 0.25) is 15.1 Å². The fourth-order valence-corrected chi connectivity index (χ4v) is 5.50. The first-order valence-electron chi connectivity index (χ1n) is 16.7. The van der Waals surface area contributed by atoms with Crippen molar-refractivity contribution in [2.45, 2.75) is 105 Å². The molecule has 0 bridgehead atoms. The van der Waals surface area contributed by atoms with Crippen LogP contribution in [0.3, 0.4) is 0 Å². The largest absolute Gasteiger partial charge is 0.870 e. The van der Waals surface area contributed by atoms with Crippen molar-refractivity contribution in [3.63, 3.8) is 0 Å². The SMILES string of the molecule is CCC(Oc1ccc(C(C)(C)CC)cc1C(C)(C)CC)C(=O)Nc1ccc(Cl)c(NC(=O)C(=Nc2cc(Cl)c([O-])c(Cl)c2)C(=O)C(C)(C)C)c1. The molecule has 2 N–H and O–H groups in total. The molecule has 0 fully saturated rings. The Morgan fingerprint density at radius 3 is 1.94 bits per heavy atom. The first-order valence-corrected chi connectivity index (χ1v) is 17.8. The van der Waals surface area contributed by atoms with Crippen LogP contribution in [0.5, 0.6) is 11.5 Å². The molecule has 11 heteroatoms. The van der Waals surface area contributed by atoms with Gasteiger partial charge in [0, 0.05) is 26.7 Å². The molecule has 0 aromatic heterocycles. The van der Waals surface area contributed by atoms with Crippen molar-refractivity contribution >= 4 is 75.2 Å². The van der Waals surface area contributed by atoms with E-state index in [1.807, 2.05) is 13.0 Å². The maximum atomic E-state index is 13.6. The summed E-state index contributed by atoms with van der Waals surface area (Å²) in [5.74, 6) is -1.76. The number of nitrogens with zero attached hydrogens (tertiary/aromatic N) is 1. The highest BCUT2D eigenvalue weighted by atomic mass is 35.5. The molecule has 0 aliphatic carbocycles. The molecule has 0 aliphatic rings. The number of benzene rings is 3. The molecule has 0 aliphatic heterocycles. The average Bonchev–Trinajstić information content (AvgIpc) is 3.05. The zero-order valence-corrected chi connectivity index (χ0v) is 32.7. The summed E-state index contributed by atoms with van der Waals surface area (Å²) >= 11 is 18.4. The van der Waals surface area contributed by atoms with Crippen molar-refractivity contribution in [3.05, 3.63) is 74.7 Å². The van der Waals surface area contributed by atoms with E-state index in [-0.39, 0.29) is 43.2 Å². The van der Waals surface area contributed by atoms with E-state index in [0.717, 1.165) is 18.4 Å². The lowest BCUT2D eigenvalue weighted by atomic mass is 9.76. The monoisotopic (exact) mass is 742 g/mol. The Kier molecular flexibility index (Phi) is 13.2. The minimum Gasteiger partial charge on any atom is -0.870 e. The highest BCUT2D eigenvalue weighted by Crippen LogP contribution is 2.39. The third kappa shape index (κ3) is 9.80. The number of nitrogens with one attached hydrogen (secondary N) is 2. The van der Waals surface area contributed by atoms with Crippen LogP contribution in [0.1, 0.15) is 99.6 Å². The Hall–Kier alpha value is -3.59. The molecule has 3 aromatic rings. The predicted molar refractivity (Wildman–Crippen MR) is 204 cm³/mol. The number of hydrogen-bond acceptors (Lipinski definition) is 6. The van der Waals surface area contributed by atoms with Crippen molar-refractivity contribution < 1.29 is 24.2 Å². The van der Waals surface area contributed by atoms with Gasteiger partial charge in [0.05, 0.1) is 16.4 Å². The Morgan fingerprint density at radius 2 is 1.40 bits per heavy atom. The zero-order chi connectivity index (χ0) is 37.8. The minimum atomic E-state index is -0.990. The number of ketones is 1. The normalized spacial score (nSPS) is 13.1. The lowest BCUT2D eigenvalue weighted by Gasteiger charge is -2.31. The van der Waals surface area contributed by atoms with E-state index in [2.05, 4.69) is 69.3 Å². The van der Waals surface area contributed by atoms with Gasteiger partial charge < -0.3 is 20.5 Å². The summed E-state index contributed by atoms with van der Waals surface area (Å²) in [6, 6.07) is 13.3. The van der Waals surface area contributed by atoms with Gasteiger partial charge in [-0.25, -0.2) is 4.99 Å². The number of ether oxygens (including phenoxy) is 1. The smallest absolute Gasteiger partial charge is 0.278 e. The number of carbonyl (C=O) groups is 3. The second-order valence-corrected chi connectivity index (χ2v) is 15.8. The topological polar surface area (TPSA) is 120 Å². The summed E-state index contributed by atoms with van der Waals surface area (Å²) < 4.78 is 6.41. The van der Waals surface area contributed by atoms with Crippen LogP contribution in [-0.2, 0) is 25.2 Å². The van der Waals surface area contributed by atoms with Crippen LogP contribution >= 0.6 is 34.8 Å². The molecule has 3 aromatic carbocycles. The highest BCUT2D eigenvalue weighted by Gasteiger charge is 2.32. The molecular weight excluding hydrogens is 697 g/mol. The van der Waals surface area contributed by atoms with Gasteiger partial charge in [0.15, 0.2) is 17.6 Å². The summed E-state index contributed by atoms with van der Waals surface area (Å²) in [4.78, 5) is 44.8. The van der Waals surface area contributed by atoms with Gasteiger partial charge >= 0.3 is 0 Å². The molecule has 2 amide bonds. The van der Waals surface area contributed by atoms with E-state index in [0.29, 0.717) is 17.9 Å². The lowest BCUT2D eigenvalue weighted by molar-refractivity contribution is -0.268. The van der Waals surface area contributed by atoms with Crippen LogP contribution in [0.4, 0.5) is 17.1 Å². The Balaban J connectivity index is 1.91. The first-order chi connectivity index (χ1) is 23.1. The summed E-state index contributed by atoms with van der Waals surface area (Å²) in [5, 5.41) is 17.2. The number of halogens is 3. The molecule has 1 atom stereocenters. The van der Waals surface area contributed by atoms with Crippen molar-refractivity contribution in [2.24, 2.45) is 10.4 Å². The van der Waals surface area contributed by atoms with Crippen molar-refractivity contribution in [1.29, 1.82) is 0 Å². The molecule has 8 nitrogen and oxygen atoms in total. The summed E-state index contributed by atoms with van der Waals surface area (Å²) in [6.07, 6.45) is 1.43. The van der Waals surface area contributed by atoms with E-state index in [4.69, 9.17) is 39.5 Å². The van der Waals surface area contributed by atoms with Gasteiger partial charge in [0.25, 0.3) is 11.8 Å². The first kappa shape index (κ1) is 40.8. The van der Waals surface area contributed by atoms with E-state index < -0.39 is 34.7 Å². The zero-order valence-electron chi connectivity index (χ0n) is 30.4. The van der Waals surface area contributed by atoms with Gasteiger partial charge in [-0.05, 0) is 72.1 Å². The Bertz CT molecular complexity index is 1770. The Labute approximate surface area is 311 Å². The van der Waals surface area contributed by atoms with Crippen molar-refractivity contribution in [1.82, 2.24) is 0 Å². The molecule has 3 rings (SSSR count). The molecule has 0 spiro atoms. The quantitative estimate of drug-likeness (QED) is 0.133. The molecule has 0 saturated heterocycles. The van der Waals surface area contributed by atoms with E-state index in [1.54, 1.807) is 26.8 Å². The van der Waals surface area contributed by atoms with Crippen LogP contribution in [0.15, 0.2) is 53.5 Å². The number of anilines is 2. The number of aliphatic imine (C=N–C) groups is 1. The minimum absolute atomic E-state index is 0.0162. The van der Waals surface area contributed by atoms with Gasteiger partial charge in [-0.1, -0.05) is 122 Å². The molecule has 0 heterocycles. The molecule has 0 saturated carbocycles. The van der Waals surface area contributed by atoms with Crippen molar-refractivity contribution in [2.75, 3.05) is 10.6 Å². The van der Waals surface area contributed by atoms with E-state index >= 15 is 0 Å². The lowest BCUT2D eigenvalue weighted by Crippen LogP contribution is -2.37. The number of carbonyl (C=O) groups excluding carboxylic acids is 3. The fraction of sp³-hybridized carbons (Fsp3) is 0.436. The fourth-order valence-electron chi connectivity index (χ4n) is 4.86. The van der Waals surface area contributed by atoms with Crippen LogP contribution in [0, 0.1) is 5.41 Å². The van der Waals surface area contributed by atoms with Crippen LogP contribution in [0.25, 0.3) is 0 Å². The number of hydrogen-bond donors (Lipinski definition) is 2. The van der Waals surface area contributed by atoms with Gasteiger partial charge in [-0.2, -0.15) is 0 Å². The standard InChI is InChI=1S/C39H48Cl3N3O5/c1-11-30(50-31-17-14-22(38(7,8)12-2)18-25(31)39(9,10)13-3)35(48)44-23-15-16-26(40)29(21-23)45-36(49)32(34(47)37(4,5)6)43-24-19-27(41)33(46)28(42)20-24/h14-21,30,46H,11-13H2,1-10H3,(H,44,48)(H,45,49)/p-1. The summed E-state index contributed by atoms with van der Waals surface area (Å²) in [6.45, 7) is 19.9. The summed E-state index contributed by atoms with van der Waals surface area (Å²) in [7, 11) is 0. The summed E-state index contributed by atoms with van der Waals surface area (Å²) in [5.41, 5.74) is 1.12. The number of rotatable bonds is 13. The Morgan fingerprint density at radius 1 is 0.800 bits per heavy atom. The number of amides is 2. The maximum Gasteiger partial charge on any atom is 0.278 e. The second kappa shape index (κ2) is 16.2. The molecular formula is C39H47Cl3N3O5-. The van der Waals surface area contributed by atoms with Gasteiger partial charge in [0.1, 0.15) is 5.75 Å². The maximum absolute atomic E-state index is 13.6. The number of Topliss-reactive ketones (excluding diaryl/α,β-unsaturated/α-hetero) is 1. The molecule has 1 unspecified atom stereocenters. The third-order valence-electron chi connectivity index (χ3n) is 9.01. The van der Waals surface area contributed by atoms with Gasteiger partial charge in [-0.15, -0.1) is 0 Å². The van der Waals surface area contributed by atoms with Crippen LogP contribution < -0.4 is 20.5 Å². The van der Waals surface area contributed by atoms with Crippen LogP contribution in [-0.4, -0.2) is 29.4 Å². The average molecular weight is 744 g/mol. The van der Waals surface area contributed by atoms with Gasteiger partial charge in [-0.3, -0.25) is 14.4 Å². The molecule has 50 heavy (non-hydrogen) atoms. The van der Waals surface area contributed by atoms with Crippen molar-refractivity contribution in [3.8, 4) is 11.5 Å². The highest BCUT2D eigenvalue weighted by molar-refractivity contribution is 6.68. The van der Waals surface area contributed by atoms with E-state index in [9.17, 15) is 19.5 Å².